The van der Waals surface area contributed by atoms with Crippen LogP contribution in [0.5, 0.6) is 0 Å². The number of likely N-dealkylation sites (tertiary alicyclic amines) is 1. The molecule has 0 bridgehead atoms. The summed E-state index contributed by atoms with van der Waals surface area (Å²) in [6, 6.07) is 11.9. The predicted molar refractivity (Wildman–Crippen MR) is 248 cm³/mol. The lowest BCUT2D eigenvalue weighted by Gasteiger charge is -2.43. The lowest BCUT2D eigenvalue weighted by molar-refractivity contribution is -0.135. The van der Waals surface area contributed by atoms with Gasteiger partial charge in [0, 0.05) is 82.8 Å². The zero-order valence-corrected chi connectivity index (χ0v) is 40.6. The predicted octanol–water partition coefficient (Wildman–Crippen LogP) is 9.82. The molecule has 59 heavy (non-hydrogen) atoms. The summed E-state index contributed by atoms with van der Waals surface area (Å²) in [6.45, 7) is 5.19. The minimum absolute atomic E-state index is 0.0443. The van der Waals surface area contributed by atoms with Crippen molar-refractivity contribution in [1.82, 2.24) is 25.5 Å². The minimum Gasteiger partial charge on any atom is -0.378 e. The van der Waals surface area contributed by atoms with Crippen LogP contribution in [-0.2, 0) is 41.7 Å². The van der Waals surface area contributed by atoms with Crippen molar-refractivity contribution >= 4 is 92.8 Å². The summed E-state index contributed by atoms with van der Waals surface area (Å²) in [7, 11) is 0. The molecule has 5 aliphatic rings. The first-order valence-electron chi connectivity index (χ1n) is 20.8. The largest absolute Gasteiger partial charge is 0.378 e. The Morgan fingerprint density at radius 2 is 1.07 bits per heavy atom. The Morgan fingerprint density at radius 1 is 0.644 bits per heavy atom. The van der Waals surface area contributed by atoms with E-state index in [0.29, 0.717) is 35.5 Å². The number of benzene rings is 2. The molecule has 2 aromatic heterocycles. The second-order valence-corrected chi connectivity index (χ2v) is 21.2. The molecule has 5 heterocycles. The van der Waals surface area contributed by atoms with Crippen molar-refractivity contribution < 1.29 is 15.0 Å². The molecule has 8 nitrogen and oxygen atoms in total. The summed E-state index contributed by atoms with van der Waals surface area (Å²) < 4.78 is 3.55. The van der Waals surface area contributed by atoms with Gasteiger partial charge in [-0.15, -0.1) is 0 Å². The quantitative estimate of drug-likeness (QED) is 0.161. The number of halogens is 6. The van der Waals surface area contributed by atoms with Crippen molar-refractivity contribution in [1.29, 1.82) is 0 Å². The van der Waals surface area contributed by atoms with Crippen LogP contribution in [0.4, 0.5) is 0 Å². The third-order valence-corrected chi connectivity index (χ3v) is 15.8. The molecular formula is C45H49Br4Cl2N5O3. The molecule has 2 aromatic carbocycles. The number of nitrogens with zero attached hydrogens (tertiary/aromatic N) is 3. The van der Waals surface area contributed by atoms with E-state index >= 15 is 0 Å². The first-order chi connectivity index (χ1) is 28.4. The zero-order chi connectivity index (χ0) is 41.5. The Bertz CT molecular complexity index is 2210. The summed E-state index contributed by atoms with van der Waals surface area (Å²) in [5.74, 6) is 0.821. The number of nitrogens with one attached hydrogen (secondary N) is 2. The average molecular weight is 1100 g/mol. The van der Waals surface area contributed by atoms with Crippen LogP contribution < -0.4 is 10.6 Å². The van der Waals surface area contributed by atoms with Gasteiger partial charge in [-0.2, -0.15) is 0 Å². The number of hydrogen-bond acceptors (Lipinski definition) is 7. The number of pyridine rings is 2. The first kappa shape index (κ1) is 44.2. The number of aromatic nitrogens is 2. The molecule has 0 radical (unpaired) electrons. The van der Waals surface area contributed by atoms with Crippen LogP contribution in [0, 0.1) is 17.8 Å². The smallest absolute Gasteiger partial charge is 0.222 e. The number of piperidine rings is 3. The maximum absolute atomic E-state index is 13.0. The number of fused-ring (bicyclic) bond motifs is 4. The van der Waals surface area contributed by atoms with Gasteiger partial charge in [-0.1, -0.05) is 55.1 Å². The minimum atomic E-state index is -1.24. The molecule has 314 valence electrons. The highest BCUT2D eigenvalue weighted by atomic mass is 79.9. The van der Waals surface area contributed by atoms with E-state index in [1.165, 1.54) is 0 Å². The van der Waals surface area contributed by atoms with E-state index in [4.69, 9.17) is 33.2 Å². The monoisotopic (exact) mass is 1090 g/mol. The molecule has 2 unspecified atom stereocenters. The lowest BCUT2D eigenvalue weighted by Crippen LogP contribution is -2.47. The van der Waals surface area contributed by atoms with Crippen LogP contribution in [0.25, 0.3) is 0 Å². The highest BCUT2D eigenvalue weighted by molar-refractivity contribution is 9.11. The zero-order valence-electron chi connectivity index (χ0n) is 32.8. The van der Waals surface area contributed by atoms with Gasteiger partial charge in [0.1, 0.15) is 11.2 Å². The number of carbonyl (C=O) groups is 1. The first-order valence-corrected chi connectivity index (χ1v) is 24.7. The molecule has 2 aliphatic carbocycles. The van der Waals surface area contributed by atoms with Gasteiger partial charge in [-0.3, -0.25) is 14.8 Å². The summed E-state index contributed by atoms with van der Waals surface area (Å²) >= 11 is 27.2. The van der Waals surface area contributed by atoms with Crippen molar-refractivity contribution in [3.8, 4) is 0 Å². The molecule has 2 atom stereocenters. The maximum atomic E-state index is 13.0. The van der Waals surface area contributed by atoms with Crippen LogP contribution in [0.15, 0.2) is 66.7 Å². The molecule has 3 saturated heterocycles. The van der Waals surface area contributed by atoms with E-state index in [0.717, 1.165) is 153 Å². The highest BCUT2D eigenvalue weighted by Gasteiger charge is 2.49. The number of amides is 1. The van der Waals surface area contributed by atoms with E-state index in [-0.39, 0.29) is 17.7 Å². The average Bonchev–Trinajstić information content (AvgIpc) is 3.43. The second-order valence-electron chi connectivity index (χ2n) is 16.8. The second kappa shape index (κ2) is 18.7. The molecule has 0 spiro atoms. The molecule has 4 aromatic rings. The molecule has 4 N–H and O–H groups in total. The lowest BCUT2D eigenvalue weighted by atomic mass is 9.72. The van der Waals surface area contributed by atoms with Crippen LogP contribution >= 0.6 is 86.9 Å². The van der Waals surface area contributed by atoms with E-state index in [9.17, 15) is 15.0 Å². The fourth-order valence-corrected chi connectivity index (χ4v) is 13.5. The van der Waals surface area contributed by atoms with Crippen molar-refractivity contribution in [2.75, 3.05) is 39.3 Å². The number of rotatable bonds is 4. The summed E-state index contributed by atoms with van der Waals surface area (Å²) in [4.78, 5) is 24.5. The van der Waals surface area contributed by atoms with Gasteiger partial charge in [-0.05, 0) is 187 Å². The standard InChI is InChI=1S/C26H30Br2ClN3O2.C19H19Br2ClN2O/c27-20-12-18-2-1-17-13-21(29)14-22(28)24(17)26(34,25(18)31-15-20)19-5-9-32(10-6-19)23(33)11-16-3-7-30-8-4-16;20-14-7-12-2-1-11-8-15(22)9-16(21)17(11)19(25,18(12)24-10-14)13-3-5-23-6-4-13/h12-16,19,30,34H,1-11H2;7-10,13,23,25H,1-6H2. The van der Waals surface area contributed by atoms with Gasteiger partial charge in [0.2, 0.25) is 5.91 Å². The summed E-state index contributed by atoms with van der Waals surface area (Å²) in [5, 5.41) is 32.9. The third-order valence-electron chi connectivity index (χ3n) is 13.2. The van der Waals surface area contributed by atoms with Gasteiger partial charge in [-0.25, -0.2) is 0 Å². The molecular weight excluding hydrogens is 1050 g/mol. The fourth-order valence-electron chi connectivity index (χ4n) is 10.4. The van der Waals surface area contributed by atoms with Gasteiger partial charge < -0.3 is 25.7 Å². The SMILES string of the molecule is O=C(CC1CCNCC1)N1CCC(C2(O)c3ncc(Br)cc3CCc3cc(Cl)cc(Br)c32)CC1.OC1(C2CCNCC2)c2ncc(Br)cc2CCc2cc(Cl)cc(Br)c21. The fraction of sp³-hybridized carbons (Fsp3) is 0.489. The maximum Gasteiger partial charge on any atom is 0.222 e. The van der Waals surface area contributed by atoms with Crippen molar-refractivity contribution in [3.63, 3.8) is 0 Å². The molecule has 9 rings (SSSR count). The van der Waals surface area contributed by atoms with Crippen LogP contribution in [-0.4, -0.2) is 70.3 Å². The molecule has 1 amide bonds. The Labute approximate surface area is 390 Å². The van der Waals surface area contributed by atoms with Crippen molar-refractivity contribution in [3.05, 3.63) is 121 Å². The Kier molecular flexibility index (Phi) is 14.0. The van der Waals surface area contributed by atoms with Gasteiger partial charge in [0.15, 0.2) is 0 Å². The molecule has 3 aliphatic heterocycles. The van der Waals surface area contributed by atoms with Crippen LogP contribution in [0.3, 0.4) is 0 Å². The number of aryl methyl sites for hydroxylation is 4. The summed E-state index contributed by atoms with van der Waals surface area (Å²) in [5.41, 5.74) is 5.33. The Hall–Kier alpha value is -1.45. The van der Waals surface area contributed by atoms with E-state index in [2.05, 4.69) is 86.5 Å². The van der Waals surface area contributed by atoms with Crippen LogP contribution in [0.1, 0.15) is 89.7 Å². The number of hydrogen-bond donors (Lipinski definition) is 4. The van der Waals surface area contributed by atoms with Crippen molar-refractivity contribution in [2.24, 2.45) is 17.8 Å². The van der Waals surface area contributed by atoms with E-state index < -0.39 is 11.2 Å². The van der Waals surface area contributed by atoms with E-state index in [1.54, 1.807) is 12.4 Å². The molecule has 14 heteroatoms. The van der Waals surface area contributed by atoms with E-state index in [1.807, 2.05) is 29.2 Å². The molecule has 3 fully saturated rings. The number of aliphatic hydroxyl groups is 2. The van der Waals surface area contributed by atoms with Crippen LogP contribution in [0.2, 0.25) is 10.0 Å². The topological polar surface area (TPSA) is 111 Å². The van der Waals surface area contributed by atoms with Crippen molar-refractivity contribution in [2.45, 2.75) is 81.8 Å². The van der Waals surface area contributed by atoms with Gasteiger partial charge in [0.05, 0.1) is 11.4 Å². The Balaban J connectivity index is 0.000000172. The highest BCUT2D eigenvalue weighted by Crippen LogP contribution is 2.50. The van der Waals surface area contributed by atoms with Gasteiger partial charge >= 0.3 is 0 Å². The molecule has 0 saturated carbocycles. The summed E-state index contributed by atoms with van der Waals surface area (Å²) in [6.07, 6.45) is 12.9. The third kappa shape index (κ3) is 9.02. The number of carbonyl (C=O) groups excluding carboxylic acids is 1. The Morgan fingerprint density at radius 3 is 1.54 bits per heavy atom. The van der Waals surface area contributed by atoms with Gasteiger partial charge in [0.25, 0.3) is 0 Å². The normalized spacial score (nSPS) is 23.8.